The predicted octanol–water partition coefficient (Wildman–Crippen LogP) is 4.22. The van der Waals surface area contributed by atoms with E-state index in [0.717, 1.165) is 12.1 Å². The van der Waals surface area contributed by atoms with Crippen molar-refractivity contribution in [1.82, 2.24) is 0 Å². The fraction of sp³-hybridized carbons (Fsp3) is 0. The maximum atomic E-state index is 13.9. The van der Waals surface area contributed by atoms with E-state index in [1.54, 1.807) is 12.1 Å². The molecule has 0 aliphatic carbocycles. The summed E-state index contributed by atoms with van der Waals surface area (Å²) >= 11 is 5.66. The number of benzene rings is 2. The number of nitrogens with zero attached hydrogens (tertiary/aromatic N) is 1. The van der Waals surface area contributed by atoms with Crippen LogP contribution in [0.2, 0.25) is 5.02 Å². The van der Waals surface area contributed by atoms with E-state index in [2.05, 4.69) is 9.71 Å². The molecular formula is C20H12ClFN2O5S. The molecule has 0 spiro atoms. The number of aliphatic imine (C=N–C) groups is 1. The smallest absolute Gasteiger partial charge is 0.363 e. The van der Waals surface area contributed by atoms with E-state index in [0.29, 0.717) is 11.3 Å². The molecule has 0 bridgehead atoms. The average molecular weight is 447 g/mol. The van der Waals surface area contributed by atoms with Crippen LogP contribution in [-0.2, 0) is 19.6 Å². The van der Waals surface area contributed by atoms with Gasteiger partial charge < -0.3 is 9.15 Å². The first-order valence-electron chi connectivity index (χ1n) is 8.46. The Hall–Kier alpha value is -3.43. The quantitative estimate of drug-likeness (QED) is 0.467. The van der Waals surface area contributed by atoms with Crippen LogP contribution in [0.1, 0.15) is 11.3 Å². The van der Waals surface area contributed by atoms with Gasteiger partial charge in [0.2, 0.25) is 5.90 Å². The molecule has 30 heavy (non-hydrogen) atoms. The summed E-state index contributed by atoms with van der Waals surface area (Å²) in [5.41, 5.74) is 0.708. The van der Waals surface area contributed by atoms with Gasteiger partial charge in [-0.15, -0.1) is 0 Å². The third kappa shape index (κ3) is 4.12. The topological polar surface area (TPSA) is 98.0 Å². The first-order chi connectivity index (χ1) is 14.3. The van der Waals surface area contributed by atoms with Crippen LogP contribution in [0.4, 0.5) is 10.1 Å². The van der Waals surface area contributed by atoms with Crippen molar-refractivity contribution in [3.63, 3.8) is 0 Å². The number of halogens is 2. The van der Waals surface area contributed by atoms with Crippen LogP contribution in [0.3, 0.4) is 0 Å². The average Bonchev–Trinajstić information content (AvgIpc) is 3.32. The molecular weight excluding hydrogens is 435 g/mol. The van der Waals surface area contributed by atoms with Gasteiger partial charge in [-0.25, -0.2) is 22.6 Å². The zero-order chi connectivity index (χ0) is 21.3. The summed E-state index contributed by atoms with van der Waals surface area (Å²) in [6, 6.07) is 12.5. The highest BCUT2D eigenvalue weighted by Gasteiger charge is 2.25. The number of esters is 1. The minimum absolute atomic E-state index is 0.0657. The fourth-order valence-electron chi connectivity index (χ4n) is 2.62. The number of sulfonamides is 1. The standard InChI is InChI=1S/C20H12ClFN2O5S/c21-13-5-8-18(16(22)10-13)30(26,27)24-14-6-3-12(4-7-14)19-23-17(20(25)29-19)11-15-2-1-9-28-15/h1-11,24H/b17-11-. The Kier molecular flexibility index (Phi) is 5.15. The zero-order valence-corrected chi connectivity index (χ0v) is 16.6. The number of hydrogen-bond donors (Lipinski definition) is 1. The minimum Gasteiger partial charge on any atom is -0.465 e. The van der Waals surface area contributed by atoms with Gasteiger partial charge in [0.15, 0.2) is 5.70 Å². The third-order valence-electron chi connectivity index (χ3n) is 4.01. The number of cyclic esters (lactones) is 1. The van der Waals surface area contributed by atoms with Crippen molar-refractivity contribution in [2.24, 2.45) is 4.99 Å². The summed E-state index contributed by atoms with van der Waals surface area (Å²) < 4.78 is 51.3. The van der Waals surface area contributed by atoms with Gasteiger partial charge in [0, 0.05) is 22.3 Å². The molecule has 0 fully saturated rings. The van der Waals surface area contributed by atoms with Crippen LogP contribution in [0.25, 0.3) is 6.08 Å². The predicted molar refractivity (Wildman–Crippen MR) is 108 cm³/mol. The summed E-state index contributed by atoms with van der Waals surface area (Å²) in [7, 11) is -4.16. The lowest BCUT2D eigenvalue weighted by Gasteiger charge is -2.09. The van der Waals surface area contributed by atoms with Gasteiger partial charge in [0.05, 0.1) is 6.26 Å². The molecule has 0 radical (unpaired) electrons. The highest BCUT2D eigenvalue weighted by atomic mass is 35.5. The van der Waals surface area contributed by atoms with E-state index < -0.39 is 26.7 Å². The van der Waals surface area contributed by atoms with E-state index in [1.165, 1.54) is 42.7 Å². The number of hydrogen-bond acceptors (Lipinski definition) is 6. The normalized spacial score (nSPS) is 15.2. The van der Waals surface area contributed by atoms with Gasteiger partial charge in [-0.3, -0.25) is 4.72 Å². The Bertz CT molecular complexity index is 1280. The van der Waals surface area contributed by atoms with E-state index in [4.69, 9.17) is 20.8 Å². The third-order valence-corrected chi connectivity index (χ3v) is 5.66. The molecule has 1 N–H and O–H groups in total. The summed E-state index contributed by atoms with van der Waals surface area (Å²) in [5.74, 6) is -1.08. The molecule has 10 heteroatoms. The van der Waals surface area contributed by atoms with Gasteiger partial charge in [0.25, 0.3) is 10.0 Å². The molecule has 1 aromatic heterocycles. The molecule has 0 saturated heterocycles. The van der Waals surface area contributed by atoms with Crippen molar-refractivity contribution < 1.29 is 26.8 Å². The fourth-order valence-corrected chi connectivity index (χ4v) is 3.90. The SMILES string of the molecule is O=C1OC(c2ccc(NS(=O)(=O)c3ccc(Cl)cc3F)cc2)=N/C1=C\c1ccco1. The lowest BCUT2D eigenvalue weighted by atomic mass is 10.2. The minimum atomic E-state index is -4.16. The zero-order valence-electron chi connectivity index (χ0n) is 15.0. The summed E-state index contributed by atoms with van der Waals surface area (Å²) in [6.07, 6.45) is 2.91. The number of nitrogens with one attached hydrogen (secondary N) is 1. The highest BCUT2D eigenvalue weighted by Crippen LogP contribution is 2.24. The largest absolute Gasteiger partial charge is 0.465 e. The molecule has 4 rings (SSSR count). The first kappa shape index (κ1) is 19.9. The van der Waals surface area contributed by atoms with Crippen LogP contribution < -0.4 is 4.72 Å². The van der Waals surface area contributed by atoms with E-state index in [-0.39, 0.29) is 22.3 Å². The van der Waals surface area contributed by atoms with Crippen molar-refractivity contribution in [2.45, 2.75) is 4.90 Å². The number of carbonyl (C=O) groups excluding carboxylic acids is 1. The van der Waals surface area contributed by atoms with Gasteiger partial charge in [0.1, 0.15) is 16.5 Å². The Balaban J connectivity index is 1.54. The molecule has 7 nitrogen and oxygen atoms in total. The van der Waals surface area contributed by atoms with Gasteiger partial charge >= 0.3 is 5.97 Å². The first-order valence-corrected chi connectivity index (χ1v) is 10.3. The molecule has 0 unspecified atom stereocenters. The lowest BCUT2D eigenvalue weighted by molar-refractivity contribution is -0.129. The number of ether oxygens (including phenoxy) is 1. The molecule has 0 amide bonds. The van der Waals surface area contributed by atoms with Crippen LogP contribution in [-0.4, -0.2) is 20.3 Å². The monoisotopic (exact) mass is 446 g/mol. The molecule has 2 heterocycles. The number of rotatable bonds is 5. The van der Waals surface area contributed by atoms with E-state index >= 15 is 0 Å². The van der Waals surface area contributed by atoms with E-state index in [9.17, 15) is 17.6 Å². The molecule has 3 aromatic rings. The van der Waals surface area contributed by atoms with Crippen LogP contribution in [0.5, 0.6) is 0 Å². The number of anilines is 1. The number of carbonyl (C=O) groups is 1. The molecule has 0 saturated carbocycles. The molecule has 1 aliphatic heterocycles. The van der Waals surface area contributed by atoms with Crippen molar-refractivity contribution in [3.8, 4) is 0 Å². The molecule has 2 aromatic carbocycles. The van der Waals surface area contributed by atoms with Crippen LogP contribution in [0.15, 0.2) is 80.9 Å². The molecule has 1 aliphatic rings. The van der Waals surface area contributed by atoms with Crippen LogP contribution >= 0.6 is 11.6 Å². The van der Waals surface area contributed by atoms with Crippen molar-refractivity contribution in [3.05, 3.63) is 88.7 Å². The Morgan fingerprint density at radius 1 is 1.10 bits per heavy atom. The van der Waals surface area contributed by atoms with Crippen molar-refractivity contribution in [1.29, 1.82) is 0 Å². The summed E-state index contributed by atoms with van der Waals surface area (Å²) in [6.45, 7) is 0. The van der Waals surface area contributed by atoms with Gasteiger partial charge in [-0.05, 0) is 54.6 Å². The van der Waals surface area contributed by atoms with Crippen molar-refractivity contribution >= 4 is 45.3 Å². The van der Waals surface area contributed by atoms with E-state index in [1.807, 2.05) is 0 Å². The Labute approximate surface area is 175 Å². The molecule has 0 atom stereocenters. The summed E-state index contributed by atoms with van der Waals surface area (Å²) in [4.78, 5) is 15.6. The van der Waals surface area contributed by atoms with Gasteiger partial charge in [-0.2, -0.15) is 0 Å². The second kappa shape index (κ2) is 7.77. The second-order valence-electron chi connectivity index (χ2n) is 6.11. The lowest BCUT2D eigenvalue weighted by Crippen LogP contribution is -2.14. The Morgan fingerprint density at radius 3 is 2.53 bits per heavy atom. The summed E-state index contributed by atoms with van der Waals surface area (Å²) in [5, 5.41) is 0.0863. The highest BCUT2D eigenvalue weighted by molar-refractivity contribution is 7.92. The van der Waals surface area contributed by atoms with Crippen molar-refractivity contribution in [2.75, 3.05) is 4.72 Å². The van der Waals surface area contributed by atoms with Crippen LogP contribution in [0, 0.1) is 5.82 Å². The van der Waals surface area contributed by atoms with Gasteiger partial charge in [-0.1, -0.05) is 11.6 Å². The molecule has 152 valence electrons. The maximum absolute atomic E-state index is 13.9. The number of furan rings is 1. The second-order valence-corrected chi connectivity index (χ2v) is 8.20. The maximum Gasteiger partial charge on any atom is 0.363 e. The Morgan fingerprint density at radius 2 is 1.87 bits per heavy atom.